The Kier molecular flexibility index (Phi) is 10.0. The maximum Gasteiger partial charge on any atom is 0.264 e. The first-order valence-electron chi connectivity index (χ1n) is 12.8. The Hall–Kier alpha value is -4.73. The van der Waals surface area contributed by atoms with Crippen LogP contribution in [-0.2, 0) is 16.4 Å². The molecular weight excluding hydrogens is 546 g/mol. The predicted octanol–water partition coefficient (Wildman–Crippen LogP) is 4.25. The maximum absolute atomic E-state index is 13.8. The minimum absolute atomic E-state index is 0.0138. The number of rotatable bonds is 12. The number of benzene rings is 2. The van der Waals surface area contributed by atoms with E-state index in [0.29, 0.717) is 17.7 Å². The molecule has 0 saturated carbocycles. The molecule has 2 N–H and O–H groups in total. The zero-order valence-electron chi connectivity index (χ0n) is 22.6. The molecule has 0 amide bonds. The Balaban J connectivity index is 1.88. The maximum atomic E-state index is 13.8. The van der Waals surface area contributed by atoms with E-state index < -0.39 is 10.0 Å². The molecule has 4 aromatic rings. The highest BCUT2D eigenvalue weighted by molar-refractivity contribution is 7.92. The molecule has 2 aromatic heterocycles. The fourth-order valence-electron chi connectivity index (χ4n) is 3.75. The van der Waals surface area contributed by atoms with Crippen LogP contribution in [0, 0.1) is 11.8 Å². The van der Waals surface area contributed by atoms with Crippen molar-refractivity contribution in [2.45, 2.75) is 31.1 Å². The molecule has 0 bridgehead atoms. The molecule has 0 aliphatic heterocycles. The van der Waals surface area contributed by atoms with Crippen LogP contribution in [0.3, 0.4) is 0 Å². The van der Waals surface area contributed by atoms with E-state index in [-0.39, 0.29) is 53.0 Å². The van der Waals surface area contributed by atoms with E-state index in [2.05, 4.69) is 36.5 Å². The molecule has 12 heteroatoms. The monoisotopic (exact) mass is 575 g/mol. The summed E-state index contributed by atoms with van der Waals surface area (Å²) in [6, 6.07) is 15.2. The lowest BCUT2D eigenvalue weighted by Gasteiger charge is -2.18. The van der Waals surface area contributed by atoms with Crippen LogP contribution in [-0.4, -0.2) is 53.8 Å². The summed E-state index contributed by atoms with van der Waals surface area (Å²) in [7, 11) is -2.68. The van der Waals surface area contributed by atoms with Crippen molar-refractivity contribution in [1.82, 2.24) is 19.9 Å². The smallest absolute Gasteiger partial charge is 0.264 e. The third-order valence-electron chi connectivity index (χ3n) is 5.66. The van der Waals surface area contributed by atoms with Crippen LogP contribution in [0.5, 0.6) is 23.1 Å². The van der Waals surface area contributed by atoms with Gasteiger partial charge >= 0.3 is 0 Å². The normalized spacial score (nSPS) is 10.8. The molecule has 2 aromatic carbocycles. The van der Waals surface area contributed by atoms with Crippen molar-refractivity contribution in [3.8, 4) is 46.6 Å². The van der Waals surface area contributed by atoms with Gasteiger partial charge in [-0.05, 0) is 42.7 Å². The largest absolute Gasteiger partial charge is 0.493 e. The molecule has 0 aliphatic carbocycles. The van der Waals surface area contributed by atoms with E-state index in [1.165, 1.54) is 19.5 Å². The second kappa shape index (κ2) is 14.1. The quantitative estimate of drug-likeness (QED) is 0.235. The Morgan fingerprint density at radius 2 is 1.66 bits per heavy atom. The highest BCUT2D eigenvalue weighted by Gasteiger charge is 2.27. The molecule has 0 radical (unpaired) electrons. The SMILES string of the molecule is CCCCc1ccccc1S(=O)(=O)Nc1nc(-c2ncccn2)nc(OCC#CCO)c1Oc1ccccc1OC. The number of nitrogens with zero attached hydrogens (tertiary/aromatic N) is 4. The Labute approximate surface area is 238 Å². The number of unbranched alkanes of at least 4 members (excludes halogenated alkanes) is 1. The first-order chi connectivity index (χ1) is 20.0. The molecular formula is C29H29N5O6S. The highest BCUT2D eigenvalue weighted by Crippen LogP contribution is 2.41. The van der Waals surface area contributed by atoms with Gasteiger partial charge in [-0.2, -0.15) is 4.98 Å². The summed E-state index contributed by atoms with van der Waals surface area (Å²) in [4.78, 5) is 17.4. The molecule has 212 valence electrons. The second-order valence-corrected chi connectivity index (χ2v) is 10.1. The van der Waals surface area contributed by atoms with Gasteiger partial charge in [-0.25, -0.2) is 23.4 Å². The van der Waals surface area contributed by atoms with E-state index in [9.17, 15) is 8.42 Å². The first-order valence-corrected chi connectivity index (χ1v) is 14.3. The van der Waals surface area contributed by atoms with Gasteiger partial charge in [0.05, 0.1) is 12.0 Å². The number of nitrogens with one attached hydrogen (secondary N) is 1. The molecule has 0 fully saturated rings. The zero-order chi connectivity index (χ0) is 29.1. The van der Waals surface area contributed by atoms with Gasteiger partial charge in [0.25, 0.3) is 15.9 Å². The van der Waals surface area contributed by atoms with Crippen LogP contribution in [0.2, 0.25) is 0 Å². The summed E-state index contributed by atoms with van der Waals surface area (Å²) in [6.45, 7) is 1.50. The number of aryl methyl sites for hydroxylation is 1. The van der Waals surface area contributed by atoms with Crippen LogP contribution < -0.4 is 18.9 Å². The van der Waals surface area contributed by atoms with Gasteiger partial charge in [-0.15, -0.1) is 0 Å². The van der Waals surface area contributed by atoms with Crippen molar-refractivity contribution >= 4 is 15.8 Å². The van der Waals surface area contributed by atoms with Crippen LogP contribution in [0.15, 0.2) is 71.9 Å². The number of aliphatic hydroxyl groups excluding tert-OH is 1. The number of anilines is 1. The van der Waals surface area contributed by atoms with Crippen LogP contribution in [0.25, 0.3) is 11.6 Å². The van der Waals surface area contributed by atoms with Crippen molar-refractivity contribution in [1.29, 1.82) is 0 Å². The number of para-hydroxylation sites is 2. The Bertz CT molecular complexity index is 1640. The predicted molar refractivity (Wildman–Crippen MR) is 152 cm³/mol. The lowest BCUT2D eigenvalue weighted by atomic mass is 10.1. The standard InChI is InChI=1S/C29H29N5O6S/c1-3-4-12-21-13-5-8-16-24(21)41(36,37)34-26-25(40-23-15-7-6-14-22(23)38-2)29(39-20-10-9-19-35)33-28(32-26)27-30-17-11-18-31-27/h5-8,11,13-18,35H,3-4,12,19-20H2,1-2H3,(H,32,33,34). The van der Waals surface area contributed by atoms with E-state index in [4.69, 9.17) is 19.3 Å². The van der Waals surface area contributed by atoms with E-state index in [1.54, 1.807) is 54.6 Å². The molecule has 11 nitrogen and oxygen atoms in total. The van der Waals surface area contributed by atoms with Gasteiger partial charge in [0.15, 0.2) is 29.7 Å². The van der Waals surface area contributed by atoms with Gasteiger partial charge in [-0.1, -0.05) is 55.5 Å². The van der Waals surface area contributed by atoms with Gasteiger partial charge in [0.1, 0.15) is 6.61 Å². The zero-order valence-corrected chi connectivity index (χ0v) is 23.4. The van der Waals surface area contributed by atoms with Crippen molar-refractivity contribution in [2.75, 3.05) is 25.0 Å². The van der Waals surface area contributed by atoms with Crippen molar-refractivity contribution in [3.63, 3.8) is 0 Å². The Morgan fingerprint density at radius 1 is 0.927 bits per heavy atom. The van der Waals surface area contributed by atoms with Crippen molar-refractivity contribution in [2.24, 2.45) is 0 Å². The third kappa shape index (κ3) is 7.47. The molecule has 0 spiro atoms. The summed E-state index contributed by atoms with van der Waals surface area (Å²) >= 11 is 0. The minimum Gasteiger partial charge on any atom is -0.493 e. The lowest BCUT2D eigenvalue weighted by molar-refractivity contribution is 0.323. The first kappa shape index (κ1) is 29.3. The molecule has 0 aliphatic rings. The van der Waals surface area contributed by atoms with E-state index in [1.807, 2.05) is 6.92 Å². The van der Waals surface area contributed by atoms with Gasteiger partial charge < -0.3 is 19.3 Å². The molecule has 2 heterocycles. The topological polar surface area (TPSA) is 146 Å². The Morgan fingerprint density at radius 3 is 2.39 bits per heavy atom. The molecule has 0 atom stereocenters. The van der Waals surface area contributed by atoms with Crippen LogP contribution >= 0.6 is 0 Å². The average molecular weight is 576 g/mol. The third-order valence-corrected chi connectivity index (χ3v) is 7.10. The number of methoxy groups -OCH3 is 1. The lowest BCUT2D eigenvalue weighted by Crippen LogP contribution is -2.18. The van der Waals surface area contributed by atoms with Crippen LogP contribution in [0.4, 0.5) is 5.82 Å². The van der Waals surface area contributed by atoms with Gasteiger partial charge in [0, 0.05) is 12.4 Å². The van der Waals surface area contributed by atoms with Gasteiger partial charge in [-0.3, -0.25) is 4.72 Å². The summed E-state index contributed by atoms with van der Waals surface area (Å²) in [6.07, 6.45) is 5.33. The number of hydrogen-bond donors (Lipinski definition) is 2. The number of ether oxygens (including phenoxy) is 3. The van der Waals surface area contributed by atoms with Gasteiger partial charge in [0.2, 0.25) is 11.6 Å². The number of aliphatic hydroxyl groups is 1. The summed E-state index contributed by atoms with van der Waals surface area (Å²) in [5.41, 5.74) is 0.672. The summed E-state index contributed by atoms with van der Waals surface area (Å²) in [5.74, 6) is 5.43. The minimum atomic E-state index is -4.16. The van der Waals surface area contributed by atoms with Crippen molar-refractivity contribution in [3.05, 3.63) is 72.6 Å². The van der Waals surface area contributed by atoms with E-state index in [0.717, 1.165) is 12.8 Å². The van der Waals surface area contributed by atoms with E-state index >= 15 is 0 Å². The summed E-state index contributed by atoms with van der Waals surface area (Å²) < 4.78 is 47.5. The fourth-order valence-corrected chi connectivity index (χ4v) is 5.03. The number of hydrogen-bond acceptors (Lipinski definition) is 10. The highest BCUT2D eigenvalue weighted by atomic mass is 32.2. The average Bonchev–Trinajstić information content (AvgIpc) is 3.00. The fraction of sp³-hybridized carbons (Fsp3) is 0.241. The molecule has 4 rings (SSSR count). The second-order valence-electron chi connectivity index (χ2n) is 8.47. The molecule has 41 heavy (non-hydrogen) atoms. The number of sulfonamides is 1. The van der Waals surface area contributed by atoms with Crippen LogP contribution in [0.1, 0.15) is 25.3 Å². The molecule has 0 unspecified atom stereocenters. The molecule has 0 saturated heterocycles. The number of aromatic nitrogens is 4. The summed E-state index contributed by atoms with van der Waals surface area (Å²) in [5, 5.41) is 9.03. The van der Waals surface area contributed by atoms with Crippen molar-refractivity contribution < 1.29 is 27.7 Å².